The molecule has 1 unspecified atom stereocenters. The number of carbonyl (C=O) groups is 3. The lowest BCUT2D eigenvalue weighted by Crippen LogP contribution is -2.44. The van der Waals surface area contributed by atoms with E-state index in [0.717, 1.165) is 31.4 Å². The van der Waals surface area contributed by atoms with Gasteiger partial charge in [0.1, 0.15) is 0 Å². The highest BCUT2D eigenvalue weighted by Gasteiger charge is 2.36. The maximum absolute atomic E-state index is 12.7. The normalized spacial score (nSPS) is 19.1. The molecule has 28 heavy (non-hydrogen) atoms. The third-order valence-corrected chi connectivity index (χ3v) is 5.76. The molecule has 5 heteroatoms. The van der Waals surface area contributed by atoms with Crippen LogP contribution in [0.15, 0.2) is 48.5 Å². The molecule has 2 aromatic carbocycles. The van der Waals surface area contributed by atoms with E-state index in [1.54, 1.807) is 36.4 Å². The van der Waals surface area contributed by atoms with Crippen LogP contribution in [0.3, 0.4) is 0 Å². The predicted octanol–water partition coefficient (Wildman–Crippen LogP) is 3.82. The van der Waals surface area contributed by atoms with Gasteiger partial charge in [-0.25, -0.2) is 4.90 Å². The lowest BCUT2D eigenvalue weighted by atomic mass is 9.99. The van der Waals surface area contributed by atoms with E-state index in [4.69, 9.17) is 0 Å². The second kappa shape index (κ2) is 7.58. The van der Waals surface area contributed by atoms with Crippen molar-refractivity contribution in [1.82, 2.24) is 4.90 Å². The molecule has 144 valence electrons. The van der Waals surface area contributed by atoms with Crippen LogP contribution in [0.4, 0.5) is 5.69 Å². The Kier molecular flexibility index (Phi) is 4.99. The molecule has 2 aliphatic rings. The molecule has 4 rings (SSSR count). The number of anilines is 1. The van der Waals surface area contributed by atoms with Gasteiger partial charge in [-0.1, -0.05) is 31.2 Å². The Hall–Kier alpha value is -2.95. The number of piperidine rings is 1. The SMILES string of the molecule is CCC1CCCCN1C(=O)Cc1ccc(N2C(=O)c3ccccc3C2=O)cc1. The second-order valence-corrected chi connectivity index (χ2v) is 7.48. The number of benzene rings is 2. The quantitative estimate of drug-likeness (QED) is 0.762. The van der Waals surface area contributed by atoms with Gasteiger partial charge in [-0.15, -0.1) is 0 Å². The minimum Gasteiger partial charge on any atom is -0.339 e. The van der Waals surface area contributed by atoms with Crippen molar-refractivity contribution in [2.24, 2.45) is 0 Å². The summed E-state index contributed by atoms with van der Waals surface area (Å²) in [6.07, 6.45) is 4.68. The Bertz CT molecular complexity index is 885. The van der Waals surface area contributed by atoms with E-state index in [1.807, 2.05) is 17.0 Å². The predicted molar refractivity (Wildman–Crippen MR) is 107 cm³/mol. The van der Waals surface area contributed by atoms with Gasteiger partial charge in [-0.2, -0.15) is 0 Å². The van der Waals surface area contributed by atoms with Crippen LogP contribution < -0.4 is 4.90 Å². The molecule has 3 amide bonds. The van der Waals surface area contributed by atoms with Crippen LogP contribution >= 0.6 is 0 Å². The molecule has 2 aromatic rings. The molecule has 5 nitrogen and oxygen atoms in total. The van der Waals surface area contributed by atoms with E-state index in [1.165, 1.54) is 11.3 Å². The van der Waals surface area contributed by atoms with E-state index in [9.17, 15) is 14.4 Å². The molecule has 0 aromatic heterocycles. The fourth-order valence-corrected chi connectivity index (χ4v) is 4.22. The topological polar surface area (TPSA) is 57.7 Å². The van der Waals surface area contributed by atoms with Gasteiger partial charge >= 0.3 is 0 Å². The molecule has 0 N–H and O–H groups in total. The standard InChI is InChI=1S/C23H24N2O3/c1-2-17-7-5-6-14-24(17)21(26)15-16-10-12-18(13-11-16)25-22(27)19-8-3-4-9-20(19)23(25)28/h3-4,8-13,17H,2,5-7,14-15H2,1H3. The Labute approximate surface area is 164 Å². The summed E-state index contributed by atoms with van der Waals surface area (Å²) in [5.41, 5.74) is 2.29. The van der Waals surface area contributed by atoms with Crippen molar-refractivity contribution < 1.29 is 14.4 Å². The lowest BCUT2D eigenvalue weighted by molar-refractivity contribution is -0.134. The van der Waals surface area contributed by atoms with Crippen LogP contribution in [0, 0.1) is 0 Å². The van der Waals surface area contributed by atoms with Gasteiger partial charge < -0.3 is 4.90 Å². The number of hydrogen-bond donors (Lipinski definition) is 0. The van der Waals surface area contributed by atoms with E-state index in [2.05, 4.69) is 6.92 Å². The molecule has 1 atom stereocenters. The van der Waals surface area contributed by atoms with E-state index in [-0.39, 0.29) is 17.7 Å². The van der Waals surface area contributed by atoms with E-state index >= 15 is 0 Å². The van der Waals surface area contributed by atoms with Gasteiger partial charge in [0.05, 0.1) is 23.2 Å². The lowest BCUT2D eigenvalue weighted by Gasteiger charge is -2.35. The number of fused-ring (bicyclic) bond motifs is 1. The minimum atomic E-state index is -0.302. The summed E-state index contributed by atoms with van der Waals surface area (Å²) in [7, 11) is 0. The monoisotopic (exact) mass is 376 g/mol. The highest BCUT2D eigenvalue weighted by atomic mass is 16.2. The maximum Gasteiger partial charge on any atom is 0.266 e. The summed E-state index contributed by atoms with van der Waals surface area (Å²) in [4.78, 5) is 41.1. The van der Waals surface area contributed by atoms with Crippen LogP contribution in [-0.2, 0) is 11.2 Å². The van der Waals surface area contributed by atoms with Crippen LogP contribution in [0.2, 0.25) is 0 Å². The molecule has 0 spiro atoms. The zero-order valence-corrected chi connectivity index (χ0v) is 16.1. The summed E-state index contributed by atoms with van der Waals surface area (Å²) in [5.74, 6) is -0.452. The van der Waals surface area contributed by atoms with Crippen molar-refractivity contribution >= 4 is 23.4 Å². The average molecular weight is 376 g/mol. The van der Waals surface area contributed by atoms with Crippen molar-refractivity contribution in [2.45, 2.75) is 45.1 Å². The molecule has 0 radical (unpaired) electrons. The first-order valence-electron chi connectivity index (χ1n) is 9.96. The van der Waals surface area contributed by atoms with Gasteiger partial charge in [0.25, 0.3) is 11.8 Å². The number of hydrogen-bond acceptors (Lipinski definition) is 3. The number of nitrogens with zero attached hydrogens (tertiary/aromatic N) is 2. The number of imide groups is 1. The van der Waals surface area contributed by atoms with Crippen LogP contribution in [0.5, 0.6) is 0 Å². The minimum absolute atomic E-state index is 0.153. The van der Waals surface area contributed by atoms with Crippen molar-refractivity contribution in [2.75, 3.05) is 11.4 Å². The van der Waals surface area contributed by atoms with Gasteiger partial charge in [0.2, 0.25) is 5.91 Å². The molecular formula is C23H24N2O3. The Balaban J connectivity index is 1.48. The van der Waals surface area contributed by atoms with E-state index < -0.39 is 0 Å². The fourth-order valence-electron chi connectivity index (χ4n) is 4.22. The van der Waals surface area contributed by atoms with Gasteiger partial charge in [0.15, 0.2) is 0 Å². The Morgan fingerprint density at radius 2 is 1.61 bits per heavy atom. The number of rotatable bonds is 4. The molecular weight excluding hydrogens is 352 g/mol. The van der Waals surface area contributed by atoms with E-state index in [0.29, 0.717) is 29.3 Å². The third kappa shape index (κ3) is 3.21. The van der Waals surface area contributed by atoms with Crippen LogP contribution in [0.25, 0.3) is 0 Å². The van der Waals surface area contributed by atoms with Crippen LogP contribution in [0.1, 0.15) is 58.9 Å². The molecule has 2 heterocycles. The molecule has 1 saturated heterocycles. The first kappa shape index (κ1) is 18.4. The molecule has 1 fully saturated rings. The number of likely N-dealkylation sites (tertiary alicyclic amines) is 1. The number of amides is 3. The van der Waals surface area contributed by atoms with Crippen molar-refractivity contribution in [1.29, 1.82) is 0 Å². The molecule has 0 saturated carbocycles. The first-order chi connectivity index (χ1) is 13.6. The number of carbonyl (C=O) groups excluding carboxylic acids is 3. The largest absolute Gasteiger partial charge is 0.339 e. The van der Waals surface area contributed by atoms with Crippen molar-refractivity contribution in [3.8, 4) is 0 Å². The summed E-state index contributed by atoms with van der Waals surface area (Å²) in [5, 5.41) is 0. The van der Waals surface area contributed by atoms with Crippen molar-refractivity contribution in [3.05, 3.63) is 65.2 Å². The zero-order valence-electron chi connectivity index (χ0n) is 16.1. The molecule has 2 aliphatic heterocycles. The summed E-state index contributed by atoms with van der Waals surface area (Å²) < 4.78 is 0. The first-order valence-corrected chi connectivity index (χ1v) is 9.96. The maximum atomic E-state index is 12.7. The summed E-state index contributed by atoms with van der Waals surface area (Å²) in [6, 6.07) is 14.4. The van der Waals surface area contributed by atoms with Gasteiger partial charge in [0, 0.05) is 12.6 Å². The average Bonchev–Trinajstić information content (AvgIpc) is 2.99. The Morgan fingerprint density at radius 1 is 0.964 bits per heavy atom. The molecule has 0 aliphatic carbocycles. The highest BCUT2D eigenvalue weighted by molar-refractivity contribution is 6.34. The Morgan fingerprint density at radius 3 is 2.21 bits per heavy atom. The second-order valence-electron chi connectivity index (χ2n) is 7.48. The molecule has 0 bridgehead atoms. The highest BCUT2D eigenvalue weighted by Crippen LogP contribution is 2.28. The van der Waals surface area contributed by atoms with Gasteiger partial charge in [-0.3, -0.25) is 14.4 Å². The van der Waals surface area contributed by atoms with Crippen LogP contribution in [-0.4, -0.2) is 35.2 Å². The summed E-state index contributed by atoms with van der Waals surface area (Å²) in [6.45, 7) is 2.97. The smallest absolute Gasteiger partial charge is 0.266 e. The zero-order chi connectivity index (χ0) is 19.7. The third-order valence-electron chi connectivity index (χ3n) is 5.76. The van der Waals surface area contributed by atoms with Crippen molar-refractivity contribution in [3.63, 3.8) is 0 Å². The summed E-state index contributed by atoms with van der Waals surface area (Å²) >= 11 is 0. The van der Waals surface area contributed by atoms with Gasteiger partial charge in [-0.05, 0) is 55.5 Å². The fraction of sp³-hybridized carbons (Fsp3) is 0.348.